The van der Waals surface area contributed by atoms with E-state index in [9.17, 15) is 14.9 Å². The van der Waals surface area contributed by atoms with Crippen LogP contribution in [0.25, 0.3) is 0 Å². The van der Waals surface area contributed by atoms with E-state index in [1.54, 1.807) is 18.2 Å². The van der Waals surface area contributed by atoms with Crippen molar-refractivity contribution in [3.8, 4) is 0 Å². The van der Waals surface area contributed by atoms with Gasteiger partial charge in [0.2, 0.25) is 5.91 Å². The number of amides is 1. The van der Waals surface area contributed by atoms with Gasteiger partial charge in [0.15, 0.2) is 0 Å². The Balaban J connectivity index is 2.43. The summed E-state index contributed by atoms with van der Waals surface area (Å²) in [7, 11) is 0. The van der Waals surface area contributed by atoms with Crippen LogP contribution in [0.15, 0.2) is 29.4 Å². The second kappa shape index (κ2) is 4.92. The lowest BCUT2D eigenvalue weighted by atomic mass is 9.93. The lowest BCUT2D eigenvalue weighted by molar-refractivity contribution is -0.385. The Kier molecular flexibility index (Phi) is 3.33. The Morgan fingerprint density at radius 1 is 1.44 bits per heavy atom. The number of nitrogens with one attached hydrogen (secondary N) is 1. The number of nitrogens with zero attached hydrogens (tertiary/aromatic N) is 2. The molecule has 94 valence electrons. The standard InChI is InChI=1S/C11H11N3O4/c15-6-5-8-10(12-13-11(8)16)7-3-1-2-4-9(7)14(17)18/h1-4,8,15H,5-6H2,(H,13,16). The number of nitro groups is 1. The zero-order chi connectivity index (χ0) is 13.1. The molecule has 1 aliphatic heterocycles. The first-order valence-corrected chi connectivity index (χ1v) is 5.37. The molecule has 0 aromatic heterocycles. The quantitative estimate of drug-likeness (QED) is 0.596. The first-order valence-electron chi connectivity index (χ1n) is 5.37. The van der Waals surface area contributed by atoms with E-state index in [0.29, 0.717) is 11.3 Å². The third kappa shape index (κ3) is 2.07. The fourth-order valence-corrected chi connectivity index (χ4v) is 1.89. The lowest BCUT2D eigenvalue weighted by Gasteiger charge is -2.08. The van der Waals surface area contributed by atoms with Gasteiger partial charge in [-0.05, 0) is 12.5 Å². The molecule has 7 heteroatoms. The van der Waals surface area contributed by atoms with Gasteiger partial charge in [-0.2, -0.15) is 5.10 Å². The van der Waals surface area contributed by atoms with Crippen LogP contribution in [0.4, 0.5) is 5.69 Å². The highest BCUT2D eigenvalue weighted by atomic mass is 16.6. The van der Waals surface area contributed by atoms with Gasteiger partial charge in [-0.25, -0.2) is 5.43 Å². The minimum atomic E-state index is -0.643. The van der Waals surface area contributed by atoms with Gasteiger partial charge in [0, 0.05) is 12.7 Å². The molecule has 0 bridgehead atoms. The van der Waals surface area contributed by atoms with Crippen molar-refractivity contribution >= 4 is 17.3 Å². The monoisotopic (exact) mass is 249 g/mol. The van der Waals surface area contributed by atoms with Crippen LogP contribution in [0.3, 0.4) is 0 Å². The van der Waals surface area contributed by atoms with Gasteiger partial charge in [0.1, 0.15) is 0 Å². The normalized spacial score (nSPS) is 18.4. The van der Waals surface area contributed by atoms with Crippen molar-refractivity contribution in [2.24, 2.45) is 11.0 Å². The number of aliphatic hydroxyl groups excluding tert-OH is 1. The van der Waals surface area contributed by atoms with E-state index in [0.717, 1.165) is 0 Å². The highest BCUT2D eigenvalue weighted by Gasteiger charge is 2.33. The number of aliphatic hydroxyl groups is 1. The lowest BCUT2D eigenvalue weighted by Crippen LogP contribution is -2.25. The molecule has 7 nitrogen and oxygen atoms in total. The van der Waals surface area contributed by atoms with Crippen molar-refractivity contribution in [1.82, 2.24) is 5.43 Å². The molecule has 1 atom stereocenters. The predicted molar refractivity (Wildman–Crippen MR) is 63.0 cm³/mol. The Hall–Kier alpha value is -2.28. The number of hydrogen-bond acceptors (Lipinski definition) is 5. The van der Waals surface area contributed by atoms with Crippen molar-refractivity contribution in [1.29, 1.82) is 0 Å². The van der Waals surface area contributed by atoms with Crippen LogP contribution in [0.2, 0.25) is 0 Å². The van der Waals surface area contributed by atoms with E-state index < -0.39 is 10.8 Å². The van der Waals surface area contributed by atoms with Gasteiger partial charge in [0.25, 0.3) is 5.69 Å². The molecule has 2 rings (SSSR count). The van der Waals surface area contributed by atoms with Gasteiger partial charge in [-0.15, -0.1) is 0 Å². The van der Waals surface area contributed by atoms with Crippen molar-refractivity contribution in [3.63, 3.8) is 0 Å². The van der Waals surface area contributed by atoms with Crippen LogP contribution in [-0.4, -0.2) is 28.3 Å². The molecule has 18 heavy (non-hydrogen) atoms. The second-order valence-corrected chi connectivity index (χ2v) is 3.81. The number of carbonyl (C=O) groups is 1. The summed E-state index contributed by atoms with van der Waals surface area (Å²) >= 11 is 0. The number of benzene rings is 1. The first kappa shape index (κ1) is 12.2. The first-order chi connectivity index (χ1) is 8.65. The molecule has 1 aromatic rings. The summed E-state index contributed by atoms with van der Waals surface area (Å²) in [6, 6.07) is 6.09. The molecular weight excluding hydrogens is 238 g/mol. The van der Waals surface area contributed by atoms with E-state index in [4.69, 9.17) is 5.11 Å². The van der Waals surface area contributed by atoms with E-state index in [1.165, 1.54) is 6.07 Å². The summed E-state index contributed by atoms with van der Waals surface area (Å²) < 4.78 is 0. The zero-order valence-electron chi connectivity index (χ0n) is 9.37. The fourth-order valence-electron chi connectivity index (χ4n) is 1.89. The van der Waals surface area contributed by atoms with Crippen LogP contribution in [-0.2, 0) is 4.79 Å². The molecule has 0 spiro atoms. The third-order valence-electron chi connectivity index (χ3n) is 2.73. The molecular formula is C11H11N3O4. The largest absolute Gasteiger partial charge is 0.396 e. The highest BCUT2D eigenvalue weighted by molar-refractivity contribution is 6.17. The third-order valence-corrected chi connectivity index (χ3v) is 2.73. The summed E-state index contributed by atoms with van der Waals surface area (Å²) in [5, 5.41) is 23.7. The van der Waals surface area contributed by atoms with Gasteiger partial charge in [-0.3, -0.25) is 14.9 Å². The Morgan fingerprint density at radius 2 is 2.17 bits per heavy atom. The maximum absolute atomic E-state index is 11.5. The van der Waals surface area contributed by atoms with Crippen molar-refractivity contribution in [2.45, 2.75) is 6.42 Å². The van der Waals surface area contributed by atoms with E-state index in [2.05, 4.69) is 10.5 Å². The summed E-state index contributed by atoms with van der Waals surface area (Å²) in [4.78, 5) is 21.9. The molecule has 0 saturated carbocycles. The molecule has 2 N–H and O–H groups in total. The Morgan fingerprint density at radius 3 is 2.83 bits per heavy atom. The molecule has 1 heterocycles. The van der Waals surface area contributed by atoms with Crippen LogP contribution in [0.5, 0.6) is 0 Å². The summed E-state index contributed by atoms with van der Waals surface area (Å²) in [5.41, 5.74) is 2.79. The Bertz CT molecular complexity index is 527. The average Bonchev–Trinajstić information content (AvgIpc) is 2.72. The van der Waals surface area contributed by atoms with Crippen molar-refractivity contribution in [3.05, 3.63) is 39.9 Å². The number of rotatable bonds is 4. The summed E-state index contributed by atoms with van der Waals surface area (Å²) in [6.45, 7) is -0.183. The maximum atomic E-state index is 11.5. The fraction of sp³-hybridized carbons (Fsp3) is 0.273. The second-order valence-electron chi connectivity index (χ2n) is 3.81. The molecule has 0 radical (unpaired) electrons. The molecule has 0 saturated heterocycles. The SMILES string of the molecule is O=C1NN=C(c2ccccc2[N+](=O)[O-])C1CCO. The van der Waals surface area contributed by atoms with Crippen LogP contribution < -0.4 is 5.43 Å². The topological polar surface area (TPSA) is 105 Å². The maximum Gasteiger partial charge on any atom is 0.278 e. The molecule has 1 unspecified atom stereocenters. The van der Waals surface area contributed by atoms with Gasteiger partial charge >= 0.3 is 0 Å². The number of hydrazone groups is 1. The summed E-state index contributed by atoms with van der Waals surface area (Å²) in [5.74, 6) is -0.992. The van der Waals surface area contributed by atoms with E-state index in [-0.39, 0.29) is 24.6 Å². The number of para-hydroxylation sites is 1. The number of carbonyl (C=O) groups excluding carboxylic acids is 1. The van der Waals surface area contributed by atoms with Crippen molar-refractivity contribution in [2.75, 3.05) is 6.61 Å². The summed E-state index contributed by atoms with van der Waals surface area (Å²) in [6.07, 6.45) is 0.191. The average molecular weight is 249 g/mol. The Labute approximate surface area is 102 Å². The zero-order valence-corrected chi connectivity index (χ0v) is 9.37. The smallest absolute Gasteiger partial charge is 0.278 e. The molecule has 1 aromatic carbocycles. The minimum Gasteiger partial charge on any atom is -0.396 e. The van der Waals surface area contributed by atoms with E-state index >= 15 is 0 Å². The number of hydrogen-bond donors (Lipinski definition) is 2. The van der Waals surface area contributed by atoms with Crippen LogP contribution in [0.1, 0.15) is 12.0 Å². The van der Waals surface area contributed by atoms with Gasteiger partial charge in [0.05, 0.1) is 22.1 Å². The van der Waals surface area contributed by atoms with Crippen LogP contribution in [0, 0.1) is 16.0 Å². The van der Waals surface area contributed by atoms with E-state index in [1.807, 2.05) is 0 Å². The highest BCUT2D eigenvalue weighted by Crippen LogP contribution is 2.25. The molecule has 0 aliphatic carbocycles. The van der Waals surface area contributed by atoms with Crippen molar-refractivity contribution < 1.29 is 14.8 Å². The minimum absolute atomic E-state index is 0.101. The van der Waals surface area contributed by atoms with Gasteiger partial charge < -0.3 is 5.11 Å². The molecule has 0 fully saturated rings. The molecule has 1 amide bonds. The number of nitro benzene ring substituents is 1. The molecule has 1 aliphatic rings. The van der Waals surface area contributed by atoms with Crippen LogP contribution >= 0.6 is 0 Å². The van der Waals surface area contributed by atoms with Gasteiger partial charge in [-0.1, -0.05) is 12.1 Å². The predicted octanol–water partition coefficient (Wildman–Crippen LogP) is 0.427.